The van der Waals surface area contributed by atoms with Gasteiger partial charge < -0.3 is 14.2 Å². The molecule has 110 valence electrons. The summed E-state index contributed by atoms with van der Waals surface area (Å²) < 4.78 is 16.0. The third-order valence-electron chi connectivity index (χ3n) is 2.96. The Morgan fingerprint density at radius 1 is 1.24 bits per heavy atom. The third kappa shape index (κ3) is 3.35. The first-order chi connectivity index (χ1) is 10.2. The molecule has 0 saturated heterocycles. The van der Waals surface area contributed by atoms with E-state index in [0.717, 1.165) is 6.42 Å². The van der Waals surface area contributed by atoms with Gasteiger partial charge in [0.05, 0.1) is 29.8 Å². The van der Waals surface area contributed by atoms with E-state index in [1.54, 1.807) is 26.4 Å². The van der Waals surface area contributed by atoms with Gasteiger partial charge in [0.2, 0.25) is 0 Å². The van der Waals surface area contributed by atoms with Crippen molar-refractivity contribution >= 4 is 22.5 Å². The highest BCUT2D eigenvalue weighted by Gasteiger charge is 2.12. The normalized spacial score (nSPS) is 10.4. The number of fused-ring (bicyclic) bond motifs is 1. The summed E-state index contributed by atoms with van der Waals surface area (Å²) in [6.45, 7) is 1.14. The minimum Gasteiger partial charge on any atom is -0.493 e. The molecular weight excluding hydrogens is 292 g/mol. The minimum atomic E-state index is 0.333. The zero-order valence-electron chi connectivity index (χ0n) is 11.9. The van der Waals surface area contributed by atoms with Crippen molar-refractivity contribution in [3.8, 4) is 17.6 Å². The lowest BCUT2D eigenvalue weighted by Gasteiger charge is -2.12. The number of rotatable bonds is 6. The summed E-state index contributed by atoms with van der Waals surface area (Å²) in [6.07, 6.45) is 2.23. The predicted octanol–water partition coefficient (Wildman–Crippen LogP) is 3.18. The monoisotopic (exact) mass is 306 g/mol. The van der Waals surface area contributed by atoms with Gasteiger partial charge in [0.25, 0.3) is 0 Å². The second-order valence-corrected chi connectivity index (χ2v) is 4.69. The molecule has 0 saturated carbocycles. The molecule has 2 aromatic rings. The first-order valence-corrected chi connectivity index (χ1v) is 6.77. The number of hydrogen-bond donors (Lipinski definition) is 0. The van der Waals surface area contributed by atoms with Crippen LogP contribution in [-0.2, 0) is 4.74 Å². The standard InChI is InChI=1S/C15H15ClN2O3/c1-19-4-3-5-21-14-7-12-11(6-13(14)20-2)15(16)10(8-17)9-18-12/h6-7,9H,3-5H2,1-2H3. The van der Waals surface area contributed by atoms with E-state index in [9.17, 15) is 0 Å². The van der Waals surface area contributed by atoms with Crippen LogP contribution in [0.4, 0.5) is 0 Å². The molecule has 2 rings (SSSR count). The summed E-state index contributed by atoms with van der Waals surface area (Å²) >= 11 is 6.19. The van der Waals surface area contributed by atoms with Gasteiger partial charge in [0.15, 0.2) is 11.5 Å². The number of ether oxygens (including phenoxy) is 3. The van der Waals surface area contributed by atoms with E-state index in [-0.39, 0.29) is 0 Å². The number of aromatic nitrogens is 1. The Bertz CT molecular complexity index is 683. The first-order valence-electron chi connectivity index (χ1n) is 6.39. The Morgan fingerprint density at radius 3 is 2.71 bits per heavy atom. The molecular formula is C15H15ClN2O3. The van der Waals surface area contributed by atoms with Crippen molar-refractivity contribution in [1.82, 2.24) is 4.98 Å². The Labute approximate surface area is 128 Å². The quantitative estimate of drug-likeness (QED) is 0.767. The van der Waals surface area contributed by atoms with Crippen LogP contribution in [0.25, 0.3) is 10.9 Å². The Morgan fingerprint density at radius 2 is 2.05 bits per heavy atom. The molecule has 0 aliphatic carbocycles. The van der Waals surface area contributed by atoms with Gasteiger partial charge in [-0.25, -0.2) is 0 Å². The third-order valence-corrected chi connectivity index (χ3v) is 3.37. The zero-order chi connectivity index (χ0) is 15.2. The molecule has 0 spiro atoms. The Kier molecular flexibility index (Phi) is 5.20. The van der Waals surface area contributed by atoms with Gasteiger partial charge in [-0.3, -0.25) is 4.98 Å². The van der Waals surface area contributed by atoms with E-state index in [2.05, 4.69) is 4.98 Å². The molecule has 1 heterocycles. The maximum Gasteiger partial charge on any atom is 0.163 e. The highest BCUT2D eigenvalue weighted by atomic mass is 35.5. The summed E-state index contributed by atoms with van der Waals surface area (Å²) in [5.41, 5.74) is 0.988. The summed E-state index contributed by atoms with van der Waals surface area (Å²) in [6, 6.07) is 5.50. The van der Waals surface area contributed by atoms with Crippen molar-refractivity contribution in [2.24, 2.45) is 0 Å². The van der Waals surface area contributed by atoms with Gasteiger partial charge in [0.1, 0.15) is 6.07 Å². The molecule has 0 bridgehead atoms. The van der Waals surface area contributed by atoms with E-state index in [1.165, 1.54) is 6.20 Å². The molecule has 21 heavy (non-hydrogen) atoms. The summed E-state index contributed by atoms with van der Waals surface area (Å²) in [7, 11) is 3.20. The van der Waals surface area contributed by atoms with Gasteiger partial charge in [-0.2, -0.15) is 5.26 Å². The average Bonchev–Trinajstić information content (AvgIpc) is 2.51. The van der Waals surface area contributed by atoms with E-state index < -0.39 is 0 Å². The molecule has 0 fully saturated rings. The highest BCUT2D eigenvalue weighted by molar-refractivity contribution is 6.36. The molecule has 1 aromatic carbocycles. The van der Waals surface area contributed by atoms with Crippen LogP contribution in [0, 0.1) is 11.3 Å². The largest absolute Gasteiger partial charge is 0.493 e. The number of nitriles is 1. The second-order valence-electron chi connectivity index (χ2n) is 4.31. The van der Waals surface area contributed by atoms with Crippen LogP contribution < -0.4 is 9.47 Å². The fourth-order valence-electron chi connectivity index (χ4n) is 1.90. The van der Waals surface area contributed by atoms with Crippen LogP contribution in [0.15, 0.2) is 18.3 Å². The van der Waals surface area contributed by atoms with Gasteiger partial charge >= 0.3 is 0 Å². The first kappa shape index (κ1) is 15.4. The lowest BCUT2D eigenvalue weighted by molar-refractivity contribution is 0.170. The van der Waals surface area contributed by atoms with Crippen LogP contribution in [0.1, 0.15) is 12.0 Å². The molecule has 0 unspecified atom stereocenters. The van der Waals surface area contributed by atoms with Gasteiger partial charge in [-0.05, 0) is 6.07 Å². The molecule has 0 aliphatic rings. The van der Waals surface area contributed by atoms with Gasteiger partial charge in [-0.15, -0.1) is 0 Å². The molecule has 0 atom stereocenters. The lowest BCUT2D eigenvalue weighted by atomic mass is 10.1. The van der Waals surface area contributed by atoms with Crippen LogP contribution in [0.2, 0.25) is 5.02 Å². The summed E-state index contributed by atoms with van der Waals surface area (Å²) in [5, 5.41) is 10.0. The Hall–Kier alpha value is -2.03. The highest BCUT2D eigenvalue weighted by Crippen LogP contribution is 2.35. The number of hydrogen-bond acceptors (Lipinski definition) is 5. The molecule has 1 aromatic heterocycles. The number of halogens is 1. The smallest absolute Gasteiger partial charge is 0.163 e. The topological polar surface area (TPSA) is 64.4 Å². The number of nitrogens with zero attached hydrogens (tertiary/aromatic N) is 2. The summed E-state index contributed by atoms with van der Waals surface area (Å²) in [4.78, 5) is 4.23. The van der Waals surface area contributed by atoms with Gasteiger partial charge in [-0.1, -0.05) is 11.6 Å². The van der Waals surface area contributed by atoms with E-state index >= 15 is 0 Å². The molecule has 6 heteroatoms. The SMILES string of the molecule is COCCCOc1cc2ncc(C#N)c(Cl)c2cc1OC. The van der Waals surface area contributed by atoms with Crippen molar-refractivity contribution in [3.05, 3.63) is 28.9 Å². The van der Waals surface area contributed by atoms with Crippen molar-refractivity contribution in [2.75, 3.05) is 27.4 Å². The van der Waals surface area contributed by atoms with Crippen molar-refractivity contribution in [2.45, 2.75) is 6.42 Å². The van der Waals surface area contributed by atoms with Crippen molar-refractivity contribution in [3.63, 3.8) is 0 Å². The van der Waals surface area contributed by atoms with Crippen molar-refractivity contribution < 1.29 is 14.2 Å². The maximum atomic E-state index is 8.98. The lowest BCUT2D eigenvalue weighted by Crippen LogP contribution is -2.03. The summed E-state index contributed by atoms with van der Waals surface area (Å²) in [5.74, 6) is 1.15. The van der Waals surface area contributed by atoms with E-state index in [4.69, 9.17) is 31.1 Å². The van der Waals surface area contributed by atoms with Crippen LogP contribution in [0.5, 0.6) is 11.5 Å². The number of benzene rings is 1. The van der Waals surface area contributed by atoms with E-state index in [0.29, 0.717) is 46.2 Å². The van der Waals surface area contributed by atoms with E-state index in [1.807, 2.05) is 6.07 Å². The fourth-order valence-corrected chi connectivity index (χ4v) is 2.15. The minimum absolute atomic E-state index is 0.333. The molecule has 5 nitrogen and oxygen atoms in total. The molecule has 0 N–H and O–H groups in total. The van der Waals surface area contributed by atoms with Gasteiger partial charge in [0, 0.05) is 37.8 Å². The molecule has 0 radical (unpaired) electrons. The molecule has 0 aliphatic heterocycles. The molecule has 0 amide bonds. The predicted molar refractivity (Wildman–Crippen MR) is 80.0 cm³/mol. The Balaban J connectivity index is 2.37. The van der Waals surface area contributed by atoms with Crippen LogP contribution in [-0.4, -0.2) is 32.4 Å². The number of pyridine rings is 1. The van der Waals surface area contributed by atoms with Crippen molar-refractivity contribution in [1.29, 1.82) is 5.26 Å². The average molecular weight is 307 g/mol. The maximum absolute atomic E-state index is 8.98. The zero-order valence-corrected chi connectivity index (χ0v) is 12.6. The number of methoxy groups -OCH3 is 2. The van der Waals surface area contributed by atoms with Crippen LogP contribution in [0.3, 0.4) is 0 Å². The fraction of sp³-hybridized carbons (Fsp3) is 0.333. The second kappa shape index (κ2) is 7.11. The van der Waals surface area contributed by atoms with Crippen LogP contribution >= 0.6 is 11.6 Å².